The van der Waals surface area contributed by atoms with Gasteiger partial charge in [-0.05, 0) is 30.7 Å². The first-order valence-electron chi connectivity index (χ1n) is 6.52. The van der Waals surface area contributed by atoms with Crippen molar-refractivity contribution in [2.45, 2.75) is 32.2 Å². The molecule has 1 amide bonds. The Morgan fingerprint density at radius 1 is 1.55 bits per heavy atom. The number of rotatable bonds is 4. The van der Waals surface area contributed by atoms with E-state index in [1.165, 1.54) is 11.3 Å². The third-order valence-electron chi connectivity index (χ3n) is 3.42. The van der Waals surface area contributed by atoms with Gasteiger partial charge in [0.1, 0.15) is 4.88 Å². The van der Waals surface area contributed by atoms with E-state index in [2.05, 4.69) is 5.32 Å². The van der Waals surface area contributed by atoms with Crippen molar-refractivity contribution in [1.29, 1.82) is 0 Å². The quantitative estimate of drug-likeness (QED) is 0.923. The lowest BCUT2D eigenvalue weighted by atomic mass is 10.0. The lowest BCUT2D eigenvalue weighted by Gasteiger charge is -2.31. The van der Waals surface area contributed by atoms with Gasteiger partial charge in [0.05, 0.1) is 11.6 Å². The van der Waals surface area contributed by atoms with E-state index in [1.54, 1.807) is 4.90 Å². The minimum absolute atomic E-state index is 0.0369. The molecule has 1 aliphatic heterocycles. The number of carbonyl (C=O) groups is 1. The van der Waals surface area contributed by atoms with E-state index in [-0.39, 0.29) is 18.5 Å². The number of halogens is 3. The molecule has 0 radical (unpaired) electrons. The third kappa shape index (κ3) is 3.90. The van der Waals surface area contributed by atoms with E-state index < -0.39 is 6.43 Å². The Bertz CT molecular complexity index is 473. The number of alkyl halides is 2. The van der Waals surface area contributed by atoms with Gasteiger partial charge in [0, 0.05) is 19.1 Å². The van der Waals surface area contributed by atoms with Crippen LogP contribution in [0.4, 0.5) is 8.78 Å². The van der Waals surface area contributed by atoms with Crippen molar-refractivity contribution in [3.8, 4) is 0 Å². The Morgan fingerprint density at radius 3 is 2.70 bits per heavy atom. The zero-order chi connectivity index (χ0) is 14.7. The van der Waals surface area contributed by atoms with Crippen molar-refractivity contribution in [1.82, 2.24) is 10.2 Å². The molecule has 1 saturated heterocycles. The average Bonchev–Trinajstić information content (AvgIpc) is 2.72. The monoisotopic (exact) mass is 322 g/mol. The molecule has 0 spiro atoms. The summed E-state index contributed by atoms with van der Waals surface area (Å²) in [6.07, 6.45) is -0.907. The van der Waals surface area contributed by atoms with Crippen LogP contribution in [0.1, 0.15) is 28.1 Å². The van der Waals surface area contributed by atoms with Gasteiger partial charge in [0.2, 0.25) is 0 Å². The highest BCUT2D eigenvalue weighted by Crippen LogP contribution is 2.27. The zero-order valence-corrected chi connectivity index (χ0v) is 12.7. The second-order valence-corrected chi connectivity index (χ2v) is 6.26. The van der Waals surface area contributed by atoms with Gasteiger partial charge in [0.15, 0.2) is 0 Å². The first-order chi connectivity index (χ1) is 9.47. The SMILES string of the molecule is Cc1csc(C(=O)NC2CCN(CC(F)F)CC2)c1Cl. The number of thiophene rings is 1. The molecule has 7 heteroatoms. The second-order valence-electron chi connectivity index (χ2n) is 5.00. The molecule has 1 aromatic heterocycles. The number of hydrogen-bond donors (Lipinski definition) is 1. The van der Waals surface area contributed by atoms with Crippen LogP contribution in [0.5, 0.6) is 0 Å². The maximum atomic E-state index is 12.3. The molecule has 2 rings (SSSR count). The highest BCUT2D eigenvalue weighted by atomic mass is 35.5. The van der Waals surface area contributed by atoms with Crippen LogP contribution < -0.4 is 5.32 Å². The van der Waals surface area contributed by atoms with Crippen LogP contribution in [-0.4, -0.2) is 42.9 Å². The largest absolute Gasteiger partial charge is 0.348 e. The number of nitrogens with one attached hydrogen (secondary N) is 1. The summed E-state index contributed by atoms with van der Waals surface area (Å²) < 4.78 is 24.5. The molecule has 0 atom stereocenters. The molecule has 1 aromatic rings. The van der Waals surface area contributed by atoms with Crippen LogP contribution in [0, 0.1) is 6.92 Å². The minimum atomic E-state index is -2.30. The van der Waals surface area contributed by atoms with E-state index in [0.717, 1.165) is 5.56 Å². The molecular formula is C13H17ClF2N2OS. The number of nitrogens with zero attached hydrogens (tertiary/aromatic N) is 1. The molecular weight excluding hydrogens is 306 g/mol. The number of aryl methyl sites for hydroxylation is 1. The van der Waals surface area contributed by atoms with Crippen LogP contribution in [0.2, 0.25) is 5.02 Å². The predicted molar refractivity (Wildman–Crippen MR) is 77.0 cm³/mol. The number of carbonyl (C=O) groups excluding carboxylic acids is 1. The van der Waals surface area contributed by atoms with E-state index >= 15 is 0 Å². The van der Waals surface area contributed by atoms with E-state index in [9.17, 15) is 13.6 Å². The number of piperidine rings is 1. The van der Waals surface area contributed by atoms with Gasteiger partial charge in [-0.1, -0.05) is 11.6 Å². The first kappa shape index (κ1) is 15.7. The molecule has 1 fully saturated rings. The fraction of sp³-hybridized carbons (Fsp3) is 0.615. The molecule has 20 heavy (non-hydrogen) atoms. The summed E-state index contributed by atoms with van der Waals surface area (Å²) in [5.41, 5.74) is 0.897. The maximum Gasteiger partial charge on any atom is 0.263 e. The molecule has 0 bridgehead atoms. The number of likely N-dealkylation sites (tertiary alicyclic amines) is 1. The van der Waals surface area contributed by atoms with Gasteiger partial charge >= 0.3 is 0 Å². The van der Waals surface area contributed by atoms with E-state index in [0.29, 0.717) is 35.8 Å². The summed E-state index contributed by atoms with van der Waals surface area (Å²) in [5, 5.41) is 5.29. The smallest absolute Gasteiger partial charge is 0.263 e. The van der Waals surface area contributed by atoms with Crippen molar-refractivity contribution in [2.75, 3.05) is 19.6 Å². The lowest BCUT2D eigenvalue weighted by molar-refractivity contribution is 0.0697. The van der Waals surface area contributed by atoms with E-state index in [4.69, 9.17) is 11.6 Å². The summed E-state index contributed by atoms with van der Waals surface area (Å²) in [6.45, 7) is 2.86. The molecule has 0 saturated carbocycles. The fourth-order valence-electron chi connectivity index (χ4n) is 2.29. The van der Waals surface area contributed by atoms with Crippen molar-refractivity contribution in [2.24, 2.45) is 0 Å². The van der Waals surface area contributed by atoms with Crippen molar-refractivity contribution in [3.05, 3.63) is 20.8 Å². The van der Waals surface area contributed by atoms with Crippen LogP contribution in [0.25, 0.3) is 0 Å². The number of hydrogen-bond acceptors (Lipinski definition) is 3. The van der Waals surface area contributed by atoms with Crippen molar-refractivity contribution in [3.63, 3.8) is 0 Å². The second kappa shape index (κ2) is 6.83. The fourth-order valence-corrected chi connectivity index (χ4v) is 3.47. The Labute approximate surface area is 125 Å². The summed E-state index contributed by atoms with van der Waals surface area (Å²) in [5.74, 6) is -0.166. The molecule has 2 heterocycles. The summed E-state index contributed by atoms with van der Waals surface area (Å²) in [4.78, 5) is 14.3. The van der Waals surface area contributed by atoms with Gasteiger partial charge < -0.3 is 5.32 Å². The van der Waals surface area contributed by atoms with Gasteiger partial charge in [-0.15, -0.1) is 11.3 Å². The molecule has 0 aromatic carbocycles. The molecule has 112 valence electrons. The van der Waals surface area contributed by atoms with Crippen molar-refractivity contribution >= 4 is 28.8 Å². The van der Waals surface area contributed by atoms with Crippen molar-refractivity contribution < 1.29 is 13.6 Å². The molecule has 0 aliphatic carbocycles. The normalized spacial score (nSPS) is 17.6. The van der Waals surface area contributed by atoms with Crippen LogP contribution in [0.15, 0.2) is 5.38 Å². The summed E-state index contributed by atoms with van der Waals surface area (Å²) >= 11 is 7.39. The topological polar surface area (TPSA) is 32.3 Å². The average molecular weight is 323 g/mol. The van der Waals surface area contributed by atoms with E-state index in [1.807, 2.05) is 12.3 Å². The summed E-state index contributed by atoms with van der Waals surface area (Å²) in [6, 6.07) is 0.0369. The Morgan fingerprint density at radius 2 is 2.20 bits per heavy atom. The highest BCUT2D eigenvalue weighted by molar-refractivity contribution is 7.13. The molecule has 1 aliphatic rings. The molecule has 1 N–H and O–H groups in total. The third-order valence-corrected chi connectivity index (χ3v) is 5.12. The van der Waals surface area contributed by atoms with Crippen LogP contribution in [-0.2, 0) is 0 Å². The Kier molecular flexibility index (Phi) is 5.35. The molecule has 3 nitrogen and oxygen atoms in total. The number of amides is 1. The predicted octanol–water partition coefficient (Wildman–Crippen LogP) is 3.17. The van der Waals surface area contributed by atoms with Gasteiger partial charge in [-0.3, -0.25) is 9.69 Å². The lowest BCUT2D eigenvalue weighted by Crippen LogP contribution is -2.45. The maximum absolute atomic E-state index is 12.3. The van der Waals surface area contributed by atoms with Gasteiger partial charge in [0.25, 0.3) is 12.3 Å². The highest BCUT2D eigenvalue weighted by Gasteiger charge is 2.24. The minimum Gasteiger partial charge on any atom is -0.348 e. The zero-order valence-electron chi connectivity index (χ0n) is 11.2. The van der Waals surface area contributed by atoms with Gasteiger partial charge in [-0.2, -0.15) is 0 Å². The van der Waals surface area contributed by atoms with Crippen LogP contribution in [0.3, 0.4) is 0 Å². The Hall–Kier alpha value is -0.720. The summed E-state index contributed by atoms with van der Waals surface area (Å²) in [7, 11) is 0. The van der Waals surface area contributed by atoms with Crippen LogP contribution >= 0.6 is 22.9 Å². The Balaban J connectivity index is 1.84. The standard InChI is InChI=1S/C13H17ClF2N2OS/c1-8-7-20-12(11(8)14)13(19)17-9-2-4-18(5-3-9)6-10(15)16/h7,9-10H,2-6H2,1H3,(H,17,19). The van der Waals surface area contributed by atoms with Gasteiger partial charge in [-0.25, -0.2) is 8.78 Å². The molecule has 0 unspecified atom stereocenters. The first-order valence-corrected chi connectivity index (χ1v) is 7.78.